The Bertz CT molecular complexity index is 483. The molecule has 0 aliphatic rings. The van der Waals surface area contributed by atoms with Gasteiger partial charge in [0.25, 0.3) is 0 Å². The molecule has 0 aliphatic carbocycles. The molecule has 0 radical (unpaired) electrons. The molecule has 5 nitrogen and oxygen atoms in total. The van der Waals surface area contributed by atoms with Crippen LogP contribution in [0.1, 0.15) is 44.7 Å². The highest BCUT2D eigenvalue weighted by molar-refractivity contribution is 5.63. The third-order valence-corrected chi connectivity index (χ3v) is 3.05. The maximum absolute atomic E-state index is 12.1. The molecule has 0 spiro atoms. The summed E-state index contributed by atoms with van der Waals surface area (Å²) in [4.78, 5) is 0. The summed E-state index contributed by atoms with van der Waals surface area (Å²) in [5.41, 5.74) is 5.94. The largest absolute Gasteiger partial charge is 0.390 e. The van der Waals surface area contributed by atoms with Gasteiger partial charge in [0.2, 0.25) is 0 Å². The van der Waals surface area contributed by atoms with Crippen molar-refractivity contribution in [3.05, 3.63) is 5.56 Å². The van der Waals surface area contributed by atoms with E-state index < -0.39 is 12.6 Å². The normalized spacial score (nSPS) is 11.7. The van der Waals surface area contributed by atoms with Crippen LogP contribution in [0.25, 0.3) is 0 Å². The Morgan fingerprint density at radius 2 is 2.00 bits per heavy atom. The summed E-state index contributed by atoms with van der Waals surface area (Å²) in [5.74, 6) is 0.303. The van der Waals surface area contributed by atoms with Crippen molar-refractivity contribution in [1.29, 1.82) is 5.26 Å². The second-order valence-corrected chi connectivity index (χ2v) is 4.43. The van der Waals surface area contributed by atoms with Gasteiger partial charge in [0.1, 0.15) is 17.5 Å². The summed E-state index contributed by atoms with van der Waals surface area (Å²) in [6, 6.07) is 1.91. The number of nitrogens with two attached hydrogens (primary N) is 1. The number of nitriles is 1. The summed E-state index contributed by atoms with van der Waals surface area (Å²) >= 11 is 0. The maximum Gasteiger partial charge on any atom is 0.390 e. The van der Waals surface area contributed by atoms with E-state index in [1.165, 1.54) is 4.68 Å². The van der Waals surface area contributed by atoms with E-state index in [9.17, 15) is 13.2 Å². The highest BCUT2D eigenvalue weighted by atomic mass is 19.4. The number of anilines is 2. The maximum atomic E-state index is 12.1. The lowest BCUT2D eigenvalue weighted by Crippen LogP contribution is -2.15. The number of hydrogen-bond acceptors (Lipinski definition) is 4. The van der Waals surface area contributed by atoms with Crippen LogP contribution in [0.15, 0.2) is 0 Å². The topological polar surface area (TPSA) is 79.7 Å². The van der Waals surface area contributed by atoms with E-state index in [4.69, 9.17) is 11.0 Å². The number of hydrogen-bond donors (Lipinski definition) is 2. The van der Waals surface area contributed by atoms with Crippen molar-refractivity contribution in [2.75, 3.05) is 17.6 Å². The molecule has 0 atom stereocenters. The molecular formula is C12H18F3N5. The molecule has 112 valence electrons. The monoisotopic (exact) mass is 289 g/mol. The van der Waals surface area contributed by atoms with Crippen LogP contribution >= 0.6 is 0 Å². The van der Waals surface area contributed by atoms with E-state index in [0.29, 0.717) is 0 Å². The Labute approximate surface area is 115 Å². The van der Waals surface area contributed by atoms with Gasteiger partial charge in [-0.1, -0.05) is 13.8 Å². The quantitative estimate of drug-likeness (QED) is 0.843. The first-order valence-electron chi connectivity index (χ1n) is 6.42. The van der Waals surface area contributed by atoms with Crippen LogP contribution < -0.4 is 11.1 Å². The number of nitrogen functional groups attached to an aromatic ring is 1. The molecule has 1 heterocycles. The van der Waals surface area contributed by atoms with Crippen LogP contribution in [-0.4, -0.2) is 22.5 Å². The molecule has 8 heteroatoms. The van der Waals surface area contributed by atoms with Crippen LogP contribution in [0.2, 0.25) is 0 Å². The number of rotatable bonds is 6. The lowest BCUT2D eigenvalue weighted by Gasteiger charge is -2.14. The minimum atomic E-state index is -4.25. The lowest BCUT2D eigenvalue weighted by molar-refractivity contribution is -0.131. The molecule has 0 amide bonds. The Morgan fingerprint density at radius 3 is 2.45 bits per heavy atom. The van der Waals surface area contributed by atoms with Crippen molar-refractivity contribution in [3.63, 3.8) is 0 Å². The van der Waals surface area contributed by atoms with Crippen molar-refractivity contribution >= 4 is 11.6 Å². The third-order valence-electron chi connectivity index (χ3n) is 3.05. The third kappa shape index (κ3) is 3.79. The van der Waals surface area contributed by atoms with E-state index in [0.717, 1.165) is 12.8 Å². The standard InChI is InChI=1S/C12H18F3N5/c1-3-8(4-2)20-10(17)9(7-16)11(19-20)18-6-5-12(13,14)15/h8H,3-6,17H2,1-2H3,(H,18,19). The van der Waals surface area contributed by atoms with Crippen LogP contribution in [0.3, 0.4) is 0 Å². The van der Waals surface area contributed by atoms with Crippen molar-refractivity contribution < 1.29 is 13.2 Å². The summed E-state index contributed by atoms with van der Waals surface area (Å²) in [7, 11) is 0. The van der Waals surface area contributed by atoms with Gasteiger partial charge in [-0.3, -0.25) is 0 Å². The van der Waals surface area contributed by atoms with Gasteiger partial charge in [-0.15, -0.1) is 0 Å². The number of nitrogens with zero attached hydrogens (tertiary/aromatic N) is 3. The Balaban J connectivity index is 2.92. The lowest BCUT2D eigenvalue weighted by atomic mass is 10.2. The Morgan fingerprint density at radius 1 is 1.40 bits per heavy atom. The average Bonchev–Trinajstić information content (AvgIpc) is 2.66. The number of halogens is 3. The van der Waals surface area contributed by atoms with Gasteiger partial charge in [-0.05, 0) is 12.8 Å². The Kier molecular flexibility index (Phi) is 5.25. The minimum absolute atomic E-state index is 0.0280. The number of aromatic nitrogens is 2. The predicted octanol–water partition coefficient (Wildman–Crippen LogP) is 3.06. The fourth-order valence-corrected chi connectivity index (χ4v) is 1.92. The highest BCUT2D eigenvalue weighted by Crippen LogP contribution is 2.27. The SMILES string of the molecule is CCC(CC)n1nc(NCCC(F)(F)F)c(C#N)c1N. The zero-order chi connectivity index (χ0) is 15.3. The first kappa shape index (κ1) is 16.1. The second kappa shape index (κ2) is 6.50. The number of nitrogens with one attached hydrogen (secondary N) is 1. The molecule has 1 aromatic heterocycles. The molecule has 1 aromatic rings. The average molecular weight is 289 g/mol. The van der Waals surface area contributed by atoms with E-state index in [-0.39, 0.29) is 29.8 Å². The number of alkyl halides is 3. The van der Waals surface area contributed by atoms with E-state index in [1.807, 2.05) is 19.9 Å². The first-order valence-corrected chi connectivity index (χ1v) is 6.42. The van der Waals surface area contributed by atoms with Gasteiger partial charge in [0.15, 0.2) is 5.82 Å². The molecule has 3 N–H and O–H groups in total. The molecule has 0 saturated heterocycles. The first-order chi connectivity index (χ1) is 9.34. The fraction of sp³-hybridized carbons (Fsp3) is 0.667. The van der Waals surface area contributed by atoms with Crippen LogP contribution in [0, 0.1) is 11.3 Å². The van der Waals surface area contributed by atoms with E-state index >= 15 is 0 Å². The molecule has 0 unspecified atom stereocenters. The zero-order valence-electron chi connectivity index (χ0n) is 11.5. The van der Waals surface area contributed by atoms with E-state index in [1.54, 1.807) is 0 Å². The summed E-state index contributed by atoms with van der Waals surface area (Å²) in [6.07, 6.45) is -3.69. The van der Waals surface area contributed by atoms with Gasteiger partial charge in [0.05, 0.1) is 12.5 Å². The molecule has 0 aromatic carbocycles. The Hall–Kier alpha value is -1.91. The van der Waals surface area contributed by atoms with Crippen LogP contribution in [-0.2, 0) is 0 Å². The molecule has 20 heavy (non-hydrogen) atoms. The van der Waals surface area contributed by atoms with Gasteiger partial charge >= 0.3 is 6.18 Å². The van der Waals surface area contributed by atoms with Crippen LogP contribution in [0.5, 0.6) is 0 Å². The van der Waals surface area contributed by atoms with Gasteiger partial charge < -0.3 is 11.1 Å². The zero-order valence-corrected chi connectivity index (χ0v) is 11.5. The minimum Gasteiger partial charge on any atom is -0.383 e. The van der Waals surface area contributed by atoms with Crippen molar-refractivity contribution in [2.45, 2.75) is 45.3 Å². The molecule has 0 bridgehead atoms. The summed E-state index contributed by atoms with van der Waals surface area (Å²) < 4.78 is 37.8. The molecule has 0 saturated carbocycles. The summed E-state index contributed by atoms with van der Waals surface area (Å²) in [5, 5.41) is 15.7. The smallest absolute Gasteiger partial charge is 0.383 e. The predicted molar refractivity (Wildman–Crippen MR) is 70.1 cm³/mol. The summed E-state index contributed by atoms with van der Waals surface area (Å²) in [6.45, 7) is 3.58. The van der Waals surface area contributed by atoms with E-state index in [2.05, 4.69) is 10.4 Å². The van der Waals surface area contributed by atoms with Crippen LogP contribution in [0.4, 0.5) is 24.8 Å². The van der Waals surface area contributed by atoms with Crippen molar-refractivity contribution in [2.24, 2.45) is 0 Å². The highest BCUT2D eigenvalue weighted by Gasteiger charge is 2.27. The van der Waals surface area contributed by atoms with Gasteiger partial charge in [-0.2, -0.15) is 23.5 Å². The van der Waals surface area contributed by atoms with Gasteiger partial charge in [0, 0.05) is 6.54 Å². The molecular weight excluding hydrogens is 271 g/mol. The second-order valence-electron chi connectivity index (χ2n) is 4.43. The van der Waals surface area contributed by atoms with Gasteiger partial charge in [-0.25, -0.2) is 4.68 Å². The van der Waals surface area contributed by atoms with Crippen molar-refractivity contribution in [3.8, 4) is 6.07 Å². The molecule has 0 fully saturated rings. The molecule has 0 aliphatic heterocycles. The molecule has 1 rings (SSSR count). The van der Waals surface area contributed by atoms with Crippen molar-refractivity contribution in [1.82, 2.24) is 9.78 Å². The fourth-order valence-electron chi connectivity index (χ4n) is 1.92.